The largest absolute Gasteiger partial charge is 0.476 e. The molecule has 0 bridgehead atoms. The monoisotopic (exact) mass is 434 g/mol. The van der Waals surface area contributed by atoms with Crippen LogP contribution >= 0.6 is 11.6 Å². The molecule has 5 nitrogen and oxygen atoms in total. The van der Waals surface area contributed by atoms with Crippen LogP contribution in [0.1, 0.15) is 41.6 Å². The SMILES string of the molecule is CC1CC(c2ccccc2)C2(c3ccc(C#N)cc3)Oc3cc(Cl)cnc3C12O.CO. The van der Waals surface area contributed by atoms with Gasteiger partial charge < -0.3 is 14.9 Å². The summed E-state index contributed by atoms with van der Waals surface area (Å²) in [6.45, 7) is 2.04. The van der Waals surface area contributed by atoms with Gasteiger partial charge in [0.1, 0.15) is 11.4 Å². The minimum absolute atomic E-state index is 0.0930. The molecule has 2 aromatic carbocycles. The summed E-state index contributed by atoms with van der Waals surface area (Å²) in [7, 11) is 1.00. The van der Waals surface area contributed by atoms with Gasteiger partial charge in [0.2, 0.25) is 0 Å². The predicted molar refractivity (Wildman–Crippen MR) is 118 cm³/mol. The number of rotatable bonds is 2. The lowest BCUT2D eigenvalue weighted by atomic mass is 9.71. The first kappa shape index (κ1) is 21.3. The third kappa shape index (κ3) is 2.95. The van der Waals surface area contributed by atoms with Gasteiger partial charge >= 0.3 is 0 Å². The summed E-state index contributed by atoms with van der Waals surface area (Å²) in [4.78, 5) is 4.50. The molecule has 4 unspecified atom stereocenters. The lowest BCUT2D eigenvalue weighted by Crippen LogP contribution is -2.50. The number of ether oxygens (including phenoxy) is 1. The van der Waals surface area contributed by atoms with E-state index in [1.165, 1.54) is 0 Å². The Balaban J connectivity index is 0.00000112. The van der Waals surface area contributed by atoms with Gasteiger partial charge in [-0.05, 0) is 35.6 Å². The molecule has 6 heteroatoms. The summed E-state index contributed by atoms with van der Waals surface area (Å²) in [5, 5.41) is 28.9. The van der Waals surface area contributed by atoms with Crippen LogP contribution in [0.4, 0.5) is 0 Å². The van der Waals surface area contributed by atoms with Gasteiger partial charge in [-0.2, -0.15) is 5.26 Å². The van der Waals surface area contributed by atoms with Crippen LogP contribution in [0.2, 0.25) is 5.02 Å². The average molecular weight is 435 g/mol. The Hall–Kier alpha value is -2.91. The second kappa shape index (κ2) is 7.97. The van der Waals surface area contributed by atoms with Crippen LogP contribution in [0.5, 0.6) is 5.75 Å². The molecule has 1 fully saturated rings. The van der Waals surface area contributed by atoms with Crippen molar-refractivity contribution in [2.45, 2.75) is 30.5 Å². The molecule has 0 amide bonds. The molecular weight excluding hydrogens is 412 g/mol. The Labute approximate surface area is 186 Å². The summed E-state index contributed by atoms with van der Waals surface area (Å²) < 4.78 is 6.62. The van der Waals surface area contributed by atoms with Gasteiger partial charge in [-0.1, -0.05) is 61.0 Å². The molecule has 3 aromatic rings. The Kier molecular flexibility index (Phi) is 5.49. The van der Waals surface area contributed by atoms with E-state index in [1.54, 1.807) is 24.4 Å². The fourth-order valence-electron chi connectivity index (χ4n) is 5.17. The quantitative estimate of drug-likeness (QED) is 0.619. The van der Waals surface area contributed by atoms with Gasteiger partial charge in [0.05, 0.1) is 16.7 Å². The van der Waals surface area contributed by atoms with Gasteiger partial charge in [-0.3, -0.25) is 4.98 Å². The second-order valence-corrected chi connectivity index (χ2v) is 8.33. The molecule has 2 aliphatic rings. The number of nitrogens with zero attached hydrogens (tertiary/aromatic N) is 2. The Morgan fingerprint density at radius 3 is 2.45 bits per heavy atom. The summed E-state index contributed by atoms with van der Waals surface area (Å²) in [5.74, 6) is 0.319. The Morgan fingerprint density at radius 2 is 1.81 bits per heavy atom. The zero-order chi connectivity index (χ0) is 22.2. The molecule has 1 aliphatic carbocycles. The topological polar surface area (TPSA) is 86.4 Å². The van der Waals surface area contributed by atoms with Crippen molar-refractivity contribution in [3.8, 4) is 11.8 Å². The number of nitriles is 1. The maximum Gasteiger partial charge on any atom is 0.175 e. The minimum Gasteiger partial charge on any atom is -0.476 e. The van der Waals surface area contributed by atoms with E-state index in [0.717, 1.165) is 24.7 Å². The lowest BCUT2D eigenvalue weighted by Gasteiger charge is -2.40. The fraction of sp³-hybridized carbons (Fsp3) is 0.280. The van der Waals surface area contributed by atoms with Gasteiger partial charge in [0, 0.05) is 25.3 Å². The van der Waals surface area contributed by atoms with Crippen LogP contribution < -0.4 is 4.74 Å². The van der Waals surface area contributed by atoms with E-state index in [9.17, 15) is 10.4 Å². The second-order valence-electron chi connectivity index (χ2n) is 7.89. The Morgan fingerprint density at radius 1 is 1.13 bits per heavy atom. The Bertz CT molecular complexity index is 1130. The third-order valence-corrected chi connectivity index (χ3v) is 6.66. The van der Waals surface area contributed by atoms with E-state index >= 15 is 0 Å². The molecule has 158 valence electrons. The molecule has 31 heavy (non-hydrogen) atoms. The van der Waals surface area contributed by atoms with Gasteiger partial charge in [-0.25, -0.2) is 0 Å². The zero-order valence-corrected chi connectivity index (χ0v) is 18.0. The molecule has 1 aromatic heterocycles. The average Bonchev–Trinajstić information content (AvgIpc) is 3.21. The fourth-order valence-corrected chi connectivity index (χ4v) is 5.31. The lowest BCUT2D eigenvalue weighted by molar-refractivity contribution is -0.126. The number of pyridine rings is 1. The molecule has 2 heterocycles. The van der Waals surface area contributed by atoms with Crippen LogP contribution in [0.15, 0.2) is 66.9 Å². The third-order valence-electron chi connectivity index (χ3n) is 6.46. The molecule has 5 rings (SSSR count). The van der Waals surface area contributed by atoms with Gasteiger partial charge in [0.15, 0.2) is 11.2 Å². The van der Waals surface area contributed by atoms with E-state index in [0.29, 0.717) is 22.0 Å². The van der Waals surface area contributed by atoms with Crippen molar-refractivity contribution in [1.29, 1.82) is 5.26 Å². The number of hydrogen-bond donors (Lipinski definition) is 2. The van der Waals surface area contributed by atoms with E-state index in [1.807, 2.05) is 37.3 Å². The smallest absolute Gasteiger partial charge is 0.175 e. The predicted octanol–water partition coefficient (Wildman–Crippen LogP) is 4.51. The number of fused-ring (bicyclic) bond motifs is 3. The zero-order valence-electron chi connectivity index (χ0n) is 17.3. The molecule has 4 atom stereocenters. The first-order chi connectivity index (χ1) is 15.0. The first-order valence-corrected chi connectivity index (χ1v) is 10.5. The van der Waals surface area contributed by atoms with Crippen molar-refractivity contribution >= 4 is 11.6 Å². The summed E-state index contributed by atoms with van der Waals surface area (Å²) in [5.41, 5.74) is 0.637. The van der Waals surface area contributed by atoms with Crippen LogP contribution in [0.25, 0.3) is 0 Å². The number of aliphatic hydroxyl groups excluding tert-OH is 1. The van der Waals surface area contributed by atoms with Gasteiger partial charge in [-0.15, -0.1) is 0 Å². The van der Waals surface area contributed by atoms with E-state index in [-0.39, 0.29) is 11.8 Å². The number of halogens is 1. The van der Waals surface area contributed by atoms with Gasteiger partial charge in [0.25, 0.3) is 0 Å². The molecule has 0 saturated heterocycles. The molecule has 1 saturated carbocycles. The first-order valence-electron chi connectivity index (χ1n) is 10.1. The van der Waals surface area contributed by atoms with E-state index in [2.05, 4.69) is 23.2 Å². The molecule has 0 radical (unpaired) electrons. The maximum atomic E-state index is 12.2. The standard InChI is InChI=1S/C24H19ClN2O2.CH4O/c1-15-11-20(17-5-3-2-4-6-17)24(18-9-7-16(13-26)8-10-18)23(15,28)22-21(29-24)12-19(25)14-27-22;1-2/h2-10,12,14-15,20,28H,11H2,1H3;2H,1H3. The van der Waals surface area contributed by atoms with Crippen LogP contribution in [0, 0.1) is 17.2 Å². The molecule has 2 N–H and O–H groups in total. The highest BCUT2D eigenvalue weighted by Gasteiger charge is 2.72. The van der Waals surface area contributed by atoms with Crippen LogP contribution in [-0.4, -0.2) is 22.3 Å². The van der Waals surface area contributed by atoms with Crippen molar-refractivity contribution in [2.75, 3.05) is 7.11 Å². The van der Waals surface area contributed by atoms with Crippen molar-refractivity contribution in [2.24, 2.45) is 5.92 Å². The molecule has 0 spiro atoms. The number of benzene rings is 2. The van der Waals surface area contributed by atoms with E-state index < -0.39 is 11.2 Å². The summed E-state index contributed by atoms with van der Waals surface area (Å²) in [6.07, 6.45) is 2.30. The highest BCUT2D eigenvalue weighted by Crippen LogP contribution is 2.68. The van der Waals surface area contributed by atoms with Crippen LogP contribution in [-0.2, 0) is 11.2 Å². The highest BCUT2D eigenvalue weighted by atomic mass is 35.5. The molecule has 1 aliphatic heterocycles. The van der Waals surface area contributed by atoms with Crippen molar-refractivity contribution in [1.82, 2.24) is 4.98 Å². The number of hydrogen-bond acceptors (Lipinski definition) is 5. The van der Waals surface area contributed by atoms with Crippen molar-refractivity contribution in [3.63, 3.8) is 0 Å². The van der Waals surface area contributed by atoms with Crippen molar-refractivity contribution < 1.29 is 14.9 Å². The summed E-state index contributed by atoms with van der Waals surface area (Å²) >= 11 is 6.19. The van der Waals surface area contributed by atoms with E-state index in [4.69, 9.17) is 21.4 Å². The van der Waals surface area contributed by atoms with Crippen LogP contribution in [0.3, 0.4) is 0 Å². The normalized spacial score (nSPS) is 27.9. The summed E-state index contributed by atoms with van der Waals surface area (Å²) in [6, 6.07) is 21.3. The number of aliphatic hydroxyl groups is 2. The number of aromatic nitrogens is 1. The molecular formula is C25H23ClN2O3. The maximum absolute atomic E-state index is 12.2. The van der Waals surface area contributed by atoms with Crippen molar-refractivity contribution in [3.05, 3.63) is 94.3 Å². The minimum atomic E-state index is -1.32. The highest BCUT2D eigenvalue weighted by molar-refractivity contribution is 6.30.